The largest absolute Gasteiger partial charge is 0.347 e. The summed E-state index contributed by atoms with van der Waals surface area (Å²) in [6.45, 7) is 30.4. The molecule has 0 amide bonds. The number of hydrogen-bond donors (Lipinski definition) is 0. The van der Waals surface area contributed by atoms with Gasteiger partial charge in [-0.05, 0) is 126 Å². The van der Waals surface area contributed by atoms with E-state index in [2.05, 4.69) is 286 Å². The summed E-state index contributed by atoms with van der Waals surface area (Å²) in [6, 6.07) is 41.3. The van der Waals surface area contributed by atoms with Gasteiger partial charge in [-0.25, -0.2) is 0 Å². The van der Waals surface area contributed by atoms with Crippen molar-refractivity contribution in [1.29, 1.82) is 0 Å². The molecule has 6 aromatic rings. The lowest BCUT2D eigenvalue weighted by molar-refractivity contribution is -0.445. The van der Waals surface area contributed by atoms with Crippen LogP contribution in [0.1, 0.15) is 125 Å². The fourth-order valence-electron chi connectivity index (χ4n) is 14.2. The molecule has 1 aliphatic carbocycles. The molecular weight excluding hydrogens is 933 g/mol. The van der Waals surface area contributed by atoms with E-state index in [0.29, 0.717) is 11.8 Å². The molecule has 0 N–H and O–H groups in total. The molecule has 0 saturated heterocycles. The standard InChI is InChI=1S/C73H82N4/c1-48(2)46-76-60-32-23-22-31-58(60)71(7,8)66(76)34-17-15-16-33-64-70(5,6)59-39-37-53(44-62(59)75(64)14)57-45-63-69(56-30-21-20-29-55(56)57)73(11,12)67(77(63)47-49(3)4)42-36-51-26-24-25-50(43-51)35-41-65-72(9,10)68-54-28-19-18-27-52(54)38-40-61(68)74(65)13/h15-23,27-45,48-49H,24-26,46-47H2,1-14H3/q+2. The van der Waals surface area contributed by atoms with Crippen LogP contribution >= 0.6 is 0 Å². The summed E-state index contributed by atoms with van der Waals surface area (Å²) < 4.78 is 5.19. The molecule has 0 saturated carbocycles. The number of anilines is 2. The Morgan fingerprint density at radius 1 is 0.506 bits per heavy atom. The molecule has 0 atom stereocenters. The summed E-state index contributed by atoms with van der Waals surface area (Å²) in [5.41, 5.74) is 21.1. The van der Waals surface area contributed by atoms with Crippen LogP contribution in [0.2, 0.25) is 0 Å². The van der Waals surface area contributed by atoms with Crippen molar-refractivity contribution in [2.75, 3.05) is 37.0 Å². The summed E-state index contributed by atoms with van der Waals surface area (Å²) in [5, 5.41) is 5.31. The molecule has 6 aromatic carbocycles. The number of rotatable bonds is 11. The fraction of sp³-hybridized carbons (Fsp3) is 0.342. The number of para-hydroxylation sites is 1. The third kappa shape index (κ3) is 8.75. The van der Waals surface area contributed by atoms with Crippen LogP contribution in [-0.4, -0.2) is 47.8 Å². The first-order chi connectivity index (χ1) is 36.7. The van der Waals surface area contributed by atoms with Gasteiger partial charge in [-0.2, -0.15) is 9.15 Å². The molecule has 0 fully saturated rings. The highest BCUT2D eigenvalue weighted by Gasteiger charge is 2.48. The topological polar surface area (TPSA) is 12.5 Å². The minimum absolute atomic E-state index is 0.0584. The first kappa shape index (κ1) is 52.0. The summed E-state index contributed by atoms with van der Waals surface area (Å²) in [4.78, 5) is 4.84. The van der Waals surface area contributed by atoms with Crippen LogP contribution in [0.15, 0.2) is 192 Å². The van der Waals surface area contributed by atoms with Crippen molar-refractivity contribution in [2.45, 2.75) is 124 Å². The number of hydrogen-bond acceptors (Lipinski definition) is 2. The normalized spacial score (nSPS) is 20.8. The molecule has 11 rings (SSSR count). The van der Waals surface area contributed by atoms with Crippen LogP contribution < -0.4 is 9.80 Å². The van der Waals surface area contributed by atoms with Gasteiger partial charge in [-0.1, -0.05) is 177 Å². The molecule has 77 heavy (non-hydrogen) atoms. The maximum absolute atomic E-state index is 2.66. The molecule has 0 bridgehead atoms. The molecule has 5 aliphatic rings. The third-order valence-electron chi connectivity index (χ3n) is 17.9. The van der Waals surface area contributed by atoms with Crippen LogP contribution in [0.25, 0.3) is 32.7 Å². The predicted molar refractivity (Wildman–Crippen MR) is 332 cm³/mol. The number of fused-ring (bicyclic) bond motifs is 8. The van der Waals surface area contributed by atoms with E-state index in [-0.39, 0.29) is 21.7 Å². The Kier molecular flexibility index (Phi) is 13.1. The van der Waals surface area contributed by atoms with E-state index >= 15 is 0 Å². The number of benzene rings is 6. The van der Waals surface area contributed by atoms with Crippen LogP contribution in [0.5, 0.6) is 0 Å². The molecular formula is C73H82N4+2. The van der Waals surface area contributed by atoms with Crippen LogP contribution in [0, 0.1) is 11.8 Å². The molecule has 0 aromatic heterocycles. The summed E-state index contributed by atoms with van der Waals surface area (Å²) >= 11 is 0. The second-order valence-corrected chi connectivity index (χ2v) is 25.7. The quantitative estimate of drug-likeness (QED) is 0.0947. The van der Waals surface area contributed by atoms with Crippen molar-refractivity contribution in [3.8, 4) is 11.1 Å². The highest BCUT2D eigenvalue weighted by atomic mass is 15.2. The van der Waals surface area contributed by atoms with Gasteiger partial charge in [0, 0.05) is 94.9 Å². The van der Waals surface area contributed by atoms with Crippen molar-refractivity contribution in [2.24, 2.45) is 11.8 Å². The highest BCUT2D eigenvalue weighted by molar-refractivity contribution is 6.11. The van der Waals surface area contributed by atoms with E-state index in [9.17, 15) is 0 Å². The highest BCUT2D eigenvalue weighted by Crippen LogP contribution is 2.53. The van der Waals surface area contributed by atoms with Crippen molar-refractivity contribution < 1.29 is 9.15 Å². The van der Waals surface area contributed by atoms with Crippen molar-refractivity contribution in [1.82, 2.24) is 0 Å². The second kappa shape index (κ2) is 19.5. The van der Waals surface area contributed by atoms with Crippen LogP contribution in [0.4, 0.5) is 22.7 Å². The lowest BCUT2D eigenvalue weighted by Gasteiger charge is -2.24. The minimum atomic E-state index is -0.204. The maximum atomic E-state index is 2.66. The van der Waals surface area contributed by atoms with Gasteiger partial charge in [-0.3, -0.25) is 0 Å². The van der Waals surface area contributed by atoms with Gasteiger partial charge in [0.05, 0.1) is 10.8 Å². The lowest BCUT2D eigenvalue weighted by Crippen LogP contribution is -2.29. The van der Waals surface area contributed by atoms with Crippen molar-refractivity contribution in [3.05, 3.63) is 215 Å². The molecule has 392 valence electrons. The van der Waals surface area contributed by atoms with E-state index in [1.54, 1.807) is 0 Å². The molecule has 4 heteroatoms. The van der Waals surface area contributed by atoms with Gasteiger partial charge in [0.15, 0.2) is 24.5 Å². The van der Waals surface area contributed by atoms with Crippen LogP contribution in [-0.2, 0) is 21.7 Å². The summed E-state index contributed by atoms with van der Waals surface area (Å²) in [5.74, 6) is 1.03. The van der Waals surface area contributed by atoms with E-state index < -0.39 is 0 Å². The zero-order valence-electron chi connectivity index (χ0n) is 48.6. The Bertz CT molecular complexity index is 3690. The van der Waals surface area contributed by atoms with Crippen molar-refractivity contribution >= 4 is 55.7 Å². The lowest BCUT2D eigenvalue weighted by atomic mass is 9.77. The first-order valence-electron chi connectivity index (χ1n) is 28.7. The number of likely N-dealkylation sites (N-methyl/N-ethyl adjacent to an activating group) is 2. The Morgan fingerprint density at radius 3 is 1.91 bits per heavy atom. The maximum Gasteiger partial charge on any atom is 0.211 e. The average Bonchev–Trinajstić information content (AvgIpc) is 4.01. The summed E-state index contributed by atoms with van der Waals surface area (Å²) in [6.07, 6.45) is 26.9. The number of allylic oxidation sites excluding steroid dienone is 14. The van der Waals surface area contributed by atoms with E-state index in [4.69, 9.17) is 0 Å². The Labute approximate surface area is 461 Å². The van der Waals surface area contributed by atoms with Gasteiger partial charge in [0.25, 0.3) is 0 Å². The van der Waals surface area contributed by atoms with Gasteiger partial charge in [0.2, 0.25) is 11.4 Å². The van der Waals surface area contributed by atoms with Gasteiger partial charge >= 0.3 is 0 Å². The predicted octanol–water partition coefficient (Wildman–Crippen LogP) is 18.1. The smallest absolute Gasteiger partial charge is 0.211 e. The number of nitrogens with zero attached hydrogens (tertiary/aromatic N) is 4. The molecule has 4 heterocycles. The molecule has 0 radical (unpaired) electrons. The molecule has 4 aliphatic heterocycles. The summed E-state index contributed by atoms with van der Waals surface area (Å²) in [7, 11) is 4.49. The molecule has 0 unspecified atom stereocenters. The Balaban J connectivity index is 0.901. The first-order valence-corrected chi connectivity index (χ1v) is 28.7. The van der Waals surface area contributed by atoms with Gasteiger partial charge in [-0.15, -0.1) is 0 Å². The SMILES string of the molecule is CC(C)C[N+]1=C(/C=C/C=C/C=C2/N(C)c3cc(-c4cc5c(c6ccccc46)C(C)(C)C(/C=C/C4=CC(=C/C=C6/N(C)c7ccc8ccccc8c7C6(C)C)/CCC4)=[N+]5CC(C)C)ccc3C2(C)C)C(C)(C)c2ccccc21. The van der Waals surface area contributed by atoms with E-state index in [1.165, 1.54) is 112 Å². The Morgan fingerprint density at radius 2 is 1.16 bits per heavy atom. The third-order valence-corrected chi connectivity index (χ3v) is 17.9. The minimum Gasteiger partial charge on any atom is -0.347 e. The second-order valence-electron chi connectivity index (χ2n) is 25.7. The Hall–Kier alpha value is -7.04. The fourth-order valence-corrected chi connectivity index (χ4v) is 14.2. The van der Waals surface area contributed by atoms with E-state index in [1.807, 2.05) is 0 Å². The monoisotopic (exact) mass is 1010 g/mol. The van der Waals surface area contributed by atoms with E-state index in [0.717, 1.165) is 32.4 Å². The zero-order chi connectivity index (χ0) is 54.3. The average molecular weight is 1020 g/mol. The van der Waals surface area contributed by atoms with Crippen molar-refractivity contribution in [3.63, 3.8) is 0 Å². The zero-order valence-corrected chi connectivity index (χ0v) is 48.6. The van der Waals surface area contributed by atoms with Crippen LogP contribution in [0.3, 0.4) is 0 Å². The molecule has 0 spiro atoms. The molecule has 4 nitrogen and oxygen atoms in total. The van der Waals surface area contributed by atoms with Gasteiger partial charge in [0.1, 0.15) is 0 Å². The van der Waals surface area contributed by atoms with Gasteiger partial charge < -0.3 is 9.80 Å².